The molecule has 27 heavy (non-hydrogen) atoms. The van der Waals surface area contributed by atoms with Gasteiger partial charge in [-0.3, -0.25) is 9.36 Å². The van der Waals surface area contributed by atoms with Gasteiger partial charge in [-0.2, -0.15) is 0 Å². The Labute approximate surface area is 159 Å². The average molecular weight is 371 g/mol. The Kier molecular flexibility index (Phi) is 5.65. The Balaban J connectivity index is 2.29. The van der Waals surface area contributed by atoms with Crippen molar-refractivity contribution < 1.29 is 9.84 Å². The van der Waals surface area contributed by atoms with Gasteiger partial charge in [-0.15, -0.1) is 0 Å². The molecule has 0 fully saturated rings. The van der Waals surface area contributed by atoms with Crippen LogP contribution in [0.3, 0.4) is 0 Å². The molecule has 0 aliphatic carbocycles. The number of benzene rings is 1. The number of nitrogens with zero attached hydrogens (tertiary/aromatic N) is 3. The maximum atomic E-state index is 13.4. The van der Waals surface area contributed by atoms with Crippen LogP contribution >= 0.6 is 0 Å². The van der Waals surface area contributed by atoms with Crippen LogP contribution in [0.4, 0.5) is 0 Å². The Morgan fingerprint density at radius 3 is 2.56 bits per heavy atom. The van der Waals surface area contributed by atoms with Gasteiger partial charge in [0, 0.05) is 0 Å². The fourth-order valence-electron chi connectivity index (χ4n) is 3.59. The summed E-state index contributed by atoms with van der Waals surface area (Å²) in [7, 11) is 0. The molecule has 3 rings (SSSR count). The van der Waals surface area contributed by atoms with Gasteiger partial charge in [-0.1, -0.05) is 39.8 Å². The van der Waals surface area contributed by atoms with Gasteiger partial charge in [-0.05, 0) is 37.3 Å². The highest BCUT2D eigenvalue weighted by Crippen LogP contribution is 2.34. The molecule has 2 heterocycles. The standard InChI is InChI=1S/C21H29N3O3/c1-6-27-20-16(11-12(2)3)24-19(17(23-20)18(25)13(4)5)22-15-10-8-7-9-14(15)21(24)26/h7-10,12-13,16-18,25H,6,11H2,1-5H3/t16-,17+,18?/m1/s1. The molecule has 6 nitrogen and oxygen atoms in total. The molecule has 1 aliphatic heterocycles. The second kappa shape index (κ2) is 7.80. The third-order valence-electron chi connectivity index (χ3n) is 4.96. The number of rotatable bonds is 5. The molecule has 0 saturated heterocycles. The summed E-state index contributed by atoms with van der Waals surface area (Å²) in [5.74, 6) is 1.36. The van der Waals surface area contributed by atoms with Crippen molar-refractivity contribution >= 4 is 16.8 Å². The maximum Gasteiger partial charge on any atom is 0.262 e. The van der Waals surface area contributed by atoms with Crippen LogP contribution in [0.5, 0.6) is 0 Å². The lowest BCUT2D eigenvalue weighted by atomic mass is 9.95. The third-order valence-corrected chi connectivity index (χ3v) is 4.96. The van der Waals surface area contributed by atoms with E-state index in [1.165, 1.54) is 0 Å². The molecule has 0 spiro atoms. The molecule has 0 amide bonds. The topological polar surface area (TPSA) is 76.7 Å². The van der Waals surface area contributed by atoms with Gasteiger partial charge < -0.3 is 9.84 Å². The van der Waals surface area contributed by atoms with Gasteiger partial charge in [0.05, 0.1) is 23.6 Å². The van der Waals surface area contributed by atoms with E-state index in [4.69, 9.17) is 14.7 Å². The van der Waals surface area contributed by atoms with Crippen molar-refractivity contribution in [2.45, 2.75) is 59.2 Å². The molecule has 1 unspecified atom stereocenters. The highest BCUT2D eigenvalue weighted by atomic mass is 16.5. The first-order valence-corrected chi connectivity index (χ1v) is 9.74. The van der Waals surface area contributed by atoms with Crippen molar-refractivity contribution in [1.29, 1.82) is 0 Å². The Hall–Kier alpha value is -2.21. The first kappa shape index (κ1) is 19.5. The summed E-state index contributed by atoms with van der Waals surface area (Å²) in [6.07, 6.45) is -0.0317. The van der Waals surface area contributed by atoms with Crippen LogP contribution in [0.2, 0.25) is 0 Å². The zero-order chi connectivity index (χ0) is 19.7. The average Bonchev–Trinajstić information content (AvgIpc) is 2.62. The molecule has 2 aromatic rings. The van der Waals surface area contributed by atoms with Crippen molar-refractivity contribution in [3.63, 3.8) is 0 Å². The van der Waals surface area contributed by atoms with Crippen molar-refractivity contribution in [3.8, 4) is 0 Å². The molecule has 6 heteroatoms. The molecule has 3 atom stereocenters. The van der Waals surface area contributed by atoms with Crippen molar-refractivity contribution in [3.05, 3.63) is 40.4 Å². The number of hydrogen-bond donors (Lipinski definition) is 1. The van der Waals surface area contributed by atoms with Gasteiger partial charge in [-0.25, -0.2) is 9.98 Å². The summed E-state index contributed by atoms with van der Waals surface area (Å²) in [4.78, 5) is 22.9. The summed E-state index contributed by atoms with van der Waals surface area (Å²) >= 11 is 0. The van der Waals surface area contributed by atoms with E-state index in [0.29, 0.717) is 35.1 Å². The molecular weight excluding hydrogens is 342 g/mol. The zero-order valence-electron chi connectivity index (χ0n) is 16.7. The third kappa shape index (κ3) is 3.63. The Bertz CT molecular complexity index is 901. The molecule has 1 aromatic heterocycles. The number of fused-ring (bicyclic) bond motifs is 2. The fraction of sp³-hybridized carbons (Fsp3) is 0.571. The second-order valence-corrected chi connectivity index (χ2v) is 7.89. The smallest absolute Gasteiger partial charge is 0.262 e. The van der Waals surface area contributed by atoms with E-state index in [0.717, 1.165) is 6.42 Å². The van der Waals surface area contributed by atoms with E-state index < -0.39 is 12.1 Å². The zero-order valence-corrected chi connectivity index (χ0v) is 16.7. The monoisotopic (exact) mass is 371 g/mol. The van der Waals surface area contributed by atoms with Crippen molar-refractivity contribution in [2.75, 3.05) is 6.61 Å². The van der Waals surface area contributed by atoms with E-state index in [2.05, 4.69) is 13.8 Å². The number of aliphatic hydroxyl groups excluding tert-OH is 1. The summed E-state index contributed by atoms with van der Waals surface area (Å²) in [5, 5.41) is 11.4. The molecule has 0 radical (unpaired) electrons. The SMILES string of the molecule is CCOC1=N[C@@H](C(O)C(C)C)c2nc3ccccc3c(=O)n2[C@@H]1CC(C)C. The maximum absolute atomic E-state index is 13.4. The lowest BCUT2D eigenvalue weighted by Gasteiger charge is -2.34. The summed E-state index contributed by atoms with van der Waals surface area (Å²) in [5.41, 5.74) is 0.530. The normalized spacial score (nSPS) is 20.7. The minimum atomic E-state index is -0.750. The number of hydrogen-bond acceptors (Lipinski definition) is 5. The highest BCUT2D eigenvalue weighted by Gasteiger charge is 2.38. The molecule has 0 bridgehead atoms. The minimum absolute atomic E-state index is 0.0277. The number of aliphatic imine (C=N–C) groups is 1. The van der Waals surface area contributed by atoms with Gasteiger partial charge in [0.2, 0.25) is 5.90 Å². The van der Waals surface area contributed by atoms with Gasteiger partial charge in [0.25, 0.3) is 5.56 Å². The molecular formula is C21H29N3O3. The summed E-state index contributed by atoms with van der Waals surface area (Å²) in [6.45, 7) is 10.5. The molecule has 1 N–H and O–H groups in total. The quantitative estimate of drug-likeness (QED) is 0.873. The second-order valence-electron chi connectivity index (χ2n) is 7.89. The highest BCUT2D eigenvalue weighted by molar-refractivity contribution is 5.83. The number of ether oxygens (including phenoxy) is 1. The van der Waals surface area contributed by atoms with Crippen LogP contribution in [0.25, 0.3) is 10.9 Å². The van der Waals surface area contributed by atoms with Gasteiger partial charge in [0.1, 0.15) is 17.9 Å². The molecule has 0 saturated carbocycles. The van der Waals surface area contributed by atoms with E-state index in [1.54, 1.807) is 10.6 Å². The summed E-state index contributed by atoms with van der Waals surface area (Å²) < 4.78 is 7.54. The molecule has 1 aliphatic rings. The number of para-hydroxylation sites is 1. The van der Waals surface area contributed by atoms with Crippen LogP contribution in [0.15, 0.2) is 34.1 Å². The number of aliphatic hydroxyl groups is 1. The lowest BCUT2D eigenvalue weighted by molar-refractivity contribution is 0.0882. The lowest BCUT2D eigenvalue weighted by Crippen LogP contribution is -2.42. The molecule has 1 aromatic carbocycles. The Morgan fingerprint density at radius 1 is 1.22 bits per heavy atom. The van der Waals surface area contributed by atoms with Crippen molar-refractivity contribution in [2.24, 2.45) is 16.8 Å². The largest absolute Gasteiger partial charge is 0.480 e. The van der Waals surface area contributed by atoms with Crippen LogP contribution in [-0.4, -0.2) is 33.3 Å². The molecule has 146 valence electrons. The van der Waals surface area contributed by atoms with E-state index in [1.807, 2.05) is 39.0 Å². The number of aromatic nitrogens is 2. The first-order chi connectivity index (χ1) is 12.8. The van der Waals surface area contributed by atoms with E-state index in [-0.39, 0.29) is 17.5 Å². The first-order valence-electron chi connectivity index (χ1n) is 9.74. The predicted molar refractivity (Wildman–Crippen MR) is 107 cm³/mol. The van der Waals surface area contributed by atoms with Crippen LogP contribution in [-0.2, 0) is 4.74 Å². The van der Waals surface area contributed by atoms with E-state index >= 15 is 0 Å². The van der Waals surface area contributed by atoms with Crippen LogP contribution in [0.1, 0.15) is 58.9 Å². The summed E-state index contributed by atoms with van der Waals surface area (Å²) in [6, 6.07) is 6.41. The van der Waals surface area contributed by atoms with Crippen molar-refractivity contribution in [1.82, 2.24) is 9.55 Å². The Morgan fingerprint density at radius 2 is 1.93 bits per heavy atom. The van der Waals surface area contributed by atoms with Crippen LogP contribution in [0, 0.1) is 11.8 Å². The fourth-order valence-corrected chi connectivity index (χ4v) is 3.59. The van der Waals surface area contributed by atoms with Crippen LogP contribution < -0.4 is 5.56 Å². The minimum Gasteiger partial charge on any atom is -0.480 e. The van der Waals surface area contributed by atoms with E-state index in [9.17, 15) is 9.90 Å². The van der Waals surface area contributed by atoms with Gasteiger partial charge in [0.15, 0.2) is 0 Å². The predicted octanol–water partition coefficient (Wildman–Crippen LogP) is 3.49. The van der Waals surface area contributed by atoms with Gasteiger partial charge >= 0.3 is 0 Å².